The van der Waals surface area contributed by atoms with Gasteiger partial charge in [0.25, 0.3) is 0 Å². The first kappa shape index (κ1) is 15.0. The summed E-state index contributed by atoms with van der Waals surface area (Å²) in [6, 6.07) is 8.22. The Morgan fingerprint density at radius 2 is 2.18 bits per heavy atom. The molecule has 3 rings (SSSR count). The summed E-state index contributed by atoms with van der Waals surface area (Å²) in [6.07, 6.45) is -2.88. The summed E-state index contributed by atoms with van der Waals surface area (Å²) in [4.78, 5) is 5.99. The summed E-state index contributed by atoms with van der Waals surface area (Å²) in [6.45, 7) is 1.31. The van der Waals surface area contributed by atoms with Crippen molar-refractivity contribution in [2.75, 3.05) is 23.3 Å². The number of halogens is 4. The third kappa shape index (κ3) is 2.97. The van der Waals surface area contributed by atoms with Crippen LogP contribution in [0.5, 0.6) is 0 Å². The molecule has 22 heavy (non-hydrogen) atoms. The van der Waals surface area contributed by atoms with Crippen molar-refractivity contribution in [3.05, 3.63) is 52.7 Å². The van der Waals surface area contributed by atoms with Crippen LogP contribution < -0.4 is 10.2 Å². The van der Waals surface area contributed by atoms with Crippen molar-refractivity contribution in [1.82, 2.24) is 4.98 Å². The summed E-state index contributed by atoms with van der Waals surface area (Å²) in [5.41, 5.74) is 0.225. The van der Waals surface area contributed by atoms with E-state index in [0.29, 0.717) is 18.9 Å². The van der Waals surface area contributed by atoms with Crippen LogP contribution in [0, 0.1) is 6.07 Å². The van der Waals surface area contributed by atoms with Crippen molar-refractivity contribution >= 4 is 23.1 Å². The molecule has 115 valence electrons. The lowest BCUT2D eigenvalue weighted by Gasteiger charge is -2.31. The van der Waals surface area contributed by atoms with E-state index >= 15 is 0 Å². The summed E-state index contributed by atoms with van der Waals surface area (Å²) >= 11 is 5.87. The Bertz CT molecular complexity index is 688. The second-order valence-electron chi connectivity index (χ2n) is 4.95. The maximum absolute atomic E-state index is 13.1. The minimum Gasteiger partial charge on any atom is -0.367 e. The first-order chi connectivity index (χ1) is 10.4. The maximum atomic E-state index is 13.1. The Balaban J connectivity index is 1.96. The van der Waals surface area contributed by atoms with E-state index in [1.165, 1.54) is 18.3 Å². The minimum atomic E-state index is -4.40. The summed E-state index contributed by atoms with van der Waals surface area (Å²) < 4.78 is 39.4. The van der Waals surface area contributed by atoms with E-state index in [1.54, 1.807) is 6.07 Å². The molecule has 1 aliphatic rings. The molecule has 2 aromatic rings. The number of rotatable bonds is 2. The Morgan fingerprint density at radius 3 is 2.95 bits per heavy atom. The molecular weight excluding hydrogens is 315 g/mol. The number of nitrogens with one attached hydrogen (secondary N) is 1. The van der Waals surface area contributed by atoms with Gasteiger partial charge >= 0.3 is 6.18 Å². The zero-order valence-electron chi connectivity index (χ0n) is 11.4. The number of hydrogen-bond donors (Lipinski definition) is 1. The third-order valence-electron chi connectivity index (χ3n) is 3.48. The number of anilines is 2. The van der Waals surface area contributed by atoms with E-state index in [1.807, 2.05) is 4.90 Å². The number of hydrogen-bond acceptors (Lipinski definition) is 3. The molecule has 0 unspecified atom stereocenters. The molecule has 1 aromatic carbocycles. The Morgan fingerprint density at radius 1 is 1.36 bits per heavy atom. The van der Waals surface area contributed by atoms with Crippen LogP contribution in [0.15, 0.2) is 30.5 Å². The van der Waals surface area contributed by atoms with E-state index < -0.39 is 11.7 Å². The molecule has 0 saturated heterocycles. The molecule has 1 N–H and O–H groups in total. The van der Waals surface area contributed by atoms with Gasteiger partial charge in [-0.15, -0.1) is 0 Å². The van der Waals surface area contributed by atoms with Gasteiger partial charge in [0.05, 0.1) is 11.3 Å². The monoisotopic (exact) mass is 326 g/mol. The van der Waals surface area contributed by atoms with Gasteiger partial charge in [0.2, 0.25) is 0 Å². The van der Waals surface area contributed by atoms with Gasteiger partial charge in [0.1, 0.15) is 5.82 Å². The molecule has 1 aromatic heterocycles. The quantitative estimate of drug-likeness (QED) is 0.904. The lowest BCUT2D eigenvalue weighted by atomic mass is 10.1. The zero-order chi connectivity index (χ0) is 15.7. The third-order valence-corrected chi connectivity index (χ3v) is 3.71. The predicted octanol–water partition coefficient (Wildman–Crippen LogP) is 3.99. The topological polar surface area (TPSA) is 28.2 Å². The minimum absolute atomic E-state index is 0.115. The van der Waals surface area contributed by atoms with Gasteiger partial charge in [-0.05, 0) is 29.8 Å². The number of benzene rings is 1. The fraction of sp³-hybridized carbons (Fsp3) is 0.267. The highest BCUT2D eigenvalue weighted by atomic mass is 35.5. The molecule has 0 saturated carbocycles. The first-order valence-corrected chi connectivity index (χ1v) is 7.03. The second kappa shape index (κ2) is 5.68. The Hall–Kier alpha value is -1.95. The molecular formula is C15H12ClF3N3. The van der Waals surface area contributed by atoms with Crippen molar-refractivity contribution in [3.63, 3.8) is 0 Å². The standard InChI is InChI=1S/C15H12ClF3N3/c16-11-3-4-12(15(17,18)19)10(8-11)9-22-7-6-21-14-13(22)2-1-5-20-14/h2-5,8H,6-7,9H2,(H,20,21). The van der Waals surface area contributed by atoms with Gasteiger partial charge in [-0.1, -0.05) is 11.6 Å². The number of aromatic nitrogens is 1. The maximum Gasteiger partial charge on any atom is 0.416 e. The Kier molecular flexibility index (Phi) is 3.87. The molecule has 7 heteroatoms. The number of fused-ring (bicyclic) bond motifs is 1. The molecule has 1 radical (unpaired) electrons. The summed E-state index contributed by atoms with van der Waals surface area (Å²) in [5, 5.41) is 3.40. The SMILES string of the molecule is FC(F)(F)c1ccc(Cl)cc1CN1CCNc2nc[c]cc21. The Labute approximate surface area is 130 Å². The molecule has 0 spiro atoms. The molecule has 2 heterocycles. The van der Waals surface area contributed by atoms with E-state index in [2.05, 4.69) is 16.4 Å². The lowest BCUT2D eigenvalue weighted by Crippen LogP contribution is -2.34. The summed E-state index contributed by atoms with van der Waals surface area (Å²) in [7, 11) is 0. The van der Waals surface area contributed by atoms with Gasteiger partial charge < -0.3 is 10.2 Å². The van der Waals surface area contributed by atoms with E-state index in [0.717, 1.165) is 11.8 Å². The van der Waals surface area contributed by atoms with Crippen molar-refractivity contribution in [1.29, 1.82) is 0 Å². The van der Waals surface area contributed by atoms with Crippen molar-refractivity contribution in [2.45, 2.75) is 12.7 Å². The van der Waals surface area contributed by atoms with Crippen molar-refractivity contribution in [3.8, 4) is 0 Å². The van der Waals surface area contributed by atoms with Crippen molar-refractivity contribution < 1.29 is 13.2 Å². The highest BCUT2D eigenvalue weighted by Crippen LogP contribution is 2.35. The van der Waals surface area contributed by atoms with Gasteiger partial charge in [0, 0.05) is 36.9 Å². The molecule has 1 aliphatic heterocycles. The number of alkyl halides is 3. The highest BCUT2D eigenvalue weighted by Gasteiger charge is 2.34. The molecule has 0 amide bonds. The predicted molar refractivity (Wildman–Crippen MR) is 79.1 cm³/mol. The highest BCUT2D eigenvalue weighted by molar-refractivity contribution is 6.30. The van der Waals surface area contributed by atoms with Crippen LogP contribution >= 0.6 is 11.6 Å². The van der Waals surface area contributed by atoms with E-state index in [9.17, 15) is 13.2 Å². The van der Waals surface area contributed by atoms with Crippen LogP contribution in [0.3, 0.4) is 0 Å². The van der Waals surface area contributed by atoms with Crippen molar-refractivity contribution in [2.24, 2.45) is 0 Å². The van der Waals surface area contributed by atoms with Gasteiger partial charge in [0.15, 0.2) is 0 Å². The van der Waals surface area contributed by atoms with Crippen LogP contribution in [0.2, 0.25) is 5.02 Å². The van der Waals surface area contributed by atoms with Crippen LogP contribution in [-0.2, 0) is 12.7 Å². The normalized spacial score (nSPS) is 14.5. The van der Waals surface area contributed by atoms with E-state index in [4.69, 9.17) is 11.6 Å². The van der Waals surface area contributed by atoms with Gasteiger partial charge in [-0.2, -0.15) is 13.2 Å². The van der Waals surface area contributed by atoms with Gasteiger partial charge in [-0.25, -0.2) is 4.98 Å². The van der Waals surface area contributed by atoms with Gasteiger partial charge in [-0.3, -0.25) is 0 Å². The average molecular weight is 327 g/mol. The second-order valence-corrected chi connectivity index (χ2v) is 5.39. The van der Waals surface area contributed by atoms with E-state index in [-0.39, 0.29) is 17.1 Å². The zero-order valence-corrected chi connectivity index (χ0v) is 12.2. The smallest absolute Gasteiger partial charge is 0.367 e. The number of pyridine rings is 1. The first-order valence-electron chi connectivity index (χ1n) is 6.65. The lowest BCUT2D eigenvalue weighted by molar-refractivity contribution is -0.138. The molecule has 0 aliphatic carbocycles. The molecule has 0 fully saturated rings. The molecule has 0 atom stereocenters. The molecule has 3 nitrogen and oxygen atoms in total. The molecule has 0 bridgehead atoms. The summed E-state index contributed by atoms with van der Waals surface area (Å²) in [5.74, 6) is 0.653. The van der Waals surface area contributed by atoms with Crippen LogP contribution in [-0.4, -0.2) is 18.1 Å². The number of nitrogens with zero attached hydrogens (tertiary/aromatic N) is 2. The fourth-order valence-corrected chi connectivity index (χ4v) is 2.69. The largest absolute Gasteiger partial charge is 0.416 e. The van der Waals surface area contributed by atoms with Crippen LogP contribution in [0.4, 0.5) is 24.7 Å². The fourth-order valence-electron chi connectivity index (χ4n) is 2.50. The van der Waals surface area contributed by atoms with Crippen LogP contribution in [0.1, 0.15) is 11.1 Å². The van der Waals surface area contributed by atoms with Crippen LogP contribution in [0.25, 0.3) is 0 Å². The average Bonchev–Trinajstić information content (AvgIpc) is 2.46.